The predicted molar refractivity (Wildman–Crippen MR) is 276 cm³/mol. The number of amidine groups is 2. The Labute approximate surface area is 387 Å². The van der Waals surface area contributed by atoms with E-state index in [2.05, 4.69) is 138 Å². The molecule has 4 radical (unpaired) electrons. The van der Waals surface area contributed by atoms with E-state index in [1.165, 1.54) is 54.4 Å². The van der Waals surface area contributed by atoms with Gasteiger partial charge in [0.05, 0.1) is 16.6 Å². The number of nitrogens with two attached hydrogens (primary N) is 1. The third-order valence-electron chi connectivity index (χ3n) is 12.7. The van der Waals surface area contributed by atoms with Crippen LogP contribution >= 0.6 is 0 Å². The van der Waals surface area contributed by atoms with Crippen molar-refractivity contribution in [3.63, 3.8) is 0 Å². The lowest BCUT2D eigenvalue weighted by Crippen LogP contribution is -2.24. The van der Waals surface area contributed by atoms with Gasteiger partial charge in [-0.1, -0.05) is 146 Å². The summed E-state index contributed by atoms with van der Waals surface area (Å²) in [6.07, 6.45) is 0. The molecule has 67 heavy (non-hydrogen) atoms. The van der Waals surface area contributed by atoms with E-state index in [0.717, 1.165) is 44.4 Å². The minimum atomic E-state index is -0.669. The molecule has 2 heterocycles. The number of rotatable bonds is 5. The van der Waals surface area contributed by atoms with E-state index in [4.69, 9.17) is 31.3 Å². The Hall–Kier alpha value is -8.75. The fourth-order valence-corrected chi connectivity index (χ4v) is 9.46. The Balaban J connectivity index is 0.000000157. The lowest BCUT2D eigenvalue weighted by molar-refractivity contribution is 0.437. The standard InChI is InChI=1S/C37H23NO.C20H15B2N3O3/c1-22-10-7-17-29-30-18-8-15-25(37(30)39-36(22)29)23-20-31-27-14-6-5-13-26(27)28-16-9-19-32-34(28)35(31)33(21-23)38(32)24-11-3-2-4-12-24;21-14-16(26)13(17(27)15(22)18(14)28)20(24)25-19(23)12-8-6-11(7-9-12)10-4-2-1-3-5-10/h2-21H,1H3;1-9,26-28H,(H3,23,24,25). The number of fused-ring (bicyclic) bond motifs is 6. The maximum absolute atomic E-state index is 10.1. The number of nitrogens with zero attached hydrogens (tertiary/aromatic N) is 2. The van der Waals surface area contributed by atoms with Gasteiger partial charge in [0.1, 0.15) is 49.9 Å². The fourth-order valence-electron chi connectivity index (χ4n) is 9.46. The lowest BCUT2D eigenvalue weighted by Gasteiger charge is -2.15. The maximum Gasteiger partial charge on any atom is 0.154 e. The van der Waals surface area contributed by atoms with Crippen molar-refractivity contribution in [1.29, 1.82) is 5.41 Å². The molecule has 2 aromatic heterocycles. The minimum absolute atomic E-state index is 0.193. The smallest absolute Gasteiger partial charge is 0.154 e. The molecule has 0 aliphatic carbocycles. The molecule has 8 nitrogen and oxygen atoms in total. The molecule has 12 aromatic rings. The molecule has 10 aromatic carbocycles. The van der Waals surface area contributed by atoms with Gasteiger partial charge in [0.25, 0.3) is 0 Å². The number of aromatic nitrogens is 1. The summed E-state index contributed by atoms with van der Waals surface area (Å²) in [5.41, 5.74) is 16.1. The van der Waals surface area contributed by atoms with Crippen LogP contribution in [0.4, 0.5) is 0 Å². The number of para-hydroxylation sites is 3. The molecule has 0 fully saturated rings. The number of aromatic hydroxyl groups is 3. The van der Waals surface area contributed by atoms with Crippen LogP contribution in [0.1, 0.15) is 16.7 Å². The molecular formula is C57H38B2N4O4. The van der Waals surface area contributed by atoms with Crippen LogP contribution in [0.3, 0.4) is 0 Å². The van der Waals surface area contributed by atoms with Crippen molar-refractivity contribution in [3.05, 3.63) is 193 Å². The third-order valence-corrected chi connectivity index (χ3v) is 12.7. The van der Waals surface area contributed by atoms with Crippen molar-refractivity contribution in [2.24, 2.45) is 10.7 Å². The number of phenolic OH excluding ortho intramolecular Hbond substituents is 3. The normalized spacial score (nSPS) is 11.9. The predicted octanol–water partition coefficient (Wildman–Crippen LogP) is 11.2. The zero-order valence-electron chi connectivity index (χ0n) is 36.1. The molecule has 316 valence electrons. The number of phenols is 3. The second-order valence-corrected chi connectivity index (χ2v) is 16.6. The van der Waals surface area contributed by atoms with Crippen molar-refractivity contribution in [3.8, 4) is 45.2 Å². The minimum Gasteiger partial charge on any atom is -0.509 e. The second-order valence-electron chi connectivity index (χ2n) is 16.6. The van der Waals surface area contributed by atoms with E-state index in [-0.39, 0.29) is 17.2 Å². The first kappa shape index (κ1) is 41.0. The van der Waals surface area contributed by atoms with Crippen molar-refractivity contribution < 1.29 is 19.7 Å². The Kier molecular flexibility index (Phi) is 9.82. The molecule has 0 saturated heterocycles. The fraction of sp³-hybridized carbons (Fsp3) is 0.0175. The highest BCUT2D eigenvalue weighted by atomic mass is 16.3. The Bertz CT molecular complexity index is 3930. The summed E-state index contributed by atoms with van der Waals surface area (Å²) in [6, 6.07) is 60.8. The van der Waals surface area contributed by atoms with E-state index in [0.29, 0.717) is 5.56 Å². The number of hydrogen-bond donors (Lipinski definition) is 5. The van der Waals surface area contributed by atoms with Gasteiger partial charge in [-0.25, -0.2) is 4.99 Å². The van der Waals surface area contributed by atoms with Gasteiger partial charge in [-0.05, 0) is 92.0 Å². The highest BCUT2D eigenvalue weighted by Gasteiger charge is 2.23. The summed E-state index contributed by atoms with van der Waals surface area (Å²) in [5, 5.41) is 48.1. The molecule has 0 aliphatic heterocycles. The molecule has 0 bridgehead atoms. The first-order valence-corrected chi connectivity index (χ1v) is 21.7. The van der Waals surface area contributed by atoms with E-state index < -0.39 is 28.2 Å². The number of nitrogens with one attached hydrogen (secondary N) is 1. The van der Waals surface area contributed by atoms with Gasteiger partial charge in [0.15, 0.2) is 5.84 Å². The molecule has 0 unspecified atom stereocenters. The van der Waals surface area contributed by atoms with Crippen LogP contribution in [0.5, 0.6) is 17.2 Å². The first-order chi connectivity index (χ1) is 32.6. The van der Waals surface area contributed by atoms with Crippen LogP contribution < -0.4 is 16.7 Å². The van der Waals surface area contributed by atoms with Gasteiger partial charge < -0.3 is 30.0 Å². The molecule has 0 atom stereocenters. The van der Waals surface area contributed by atoms with Crippen LogP contribution in [0.25, 0.3) is 93.2 Å². The first-order valence-electron chi connectivity index (χ1n) is 21.7. The Morgan fingerprint density at radius 2 is 1.09 bits per heavy atom. The van der Waals surface area contributed by atoms with Gasteiger partial charge in [0, 0.05) is 38.4 Å². The van der Waals surface area contributed by atoms with Crippen LogP contribution in [-0.2, 0) is 0 Å². The van der Waals surface area contributed by atoms with Crippen LogP contribution in [-0.4, -0.2) is 47.3 Å². The number of aryl methyl sites for hydroxylation is 1. The van der Waals surface area contributed by atoms with Crippen molar-refractivity contribution in [1.82, 2.24) is 4.57 Å². The summed E-state index contributed by atoms with van der Waals surface area (Å²) >= 11 is 0. The molecule has 0 saturated carbocycles. The maximum atomic E-state index is 10.1. The number of furan rings is 1. The highest BCUT2D eigenvalue weighted by Crippen LogP contribution is 2.46. The molecule has 12 rings (SSSR count). The third kappa shape index (κ3) is 6.64. The van der Waals surface area contributed by atoms with Gasteiger partial charge in [-0.3, -0.25) is 5.41 Å². The highest BCUT2D eigenvalue weighted by molar-refractivity contribution is 6.45. The summed E-state index contributed by atoms with van der Waals surface area (Å²) in [7, 11) is 11.1. The van der Waals surface area contributed by atoms with Crippen molar-refractivity contribution >= 4 is 104 Å². The van der Waals surface area contributed by atoms with Gasteiger partial charge in [0.2, 0.25) is 0 Å². The average molecular weight is 865 g/mol. The number of aliphatic imine (C=N–C) groups is 1. The van der Waals surface area contributed by atoms with Gasteiger partial charge in [-0.2, -0.15) is 0 Å². The largest absolute Gasteiger partial charge is 0.509 e. The number of hydrogen-bond acceptors (Lipinski definition) is 5. The quantitative estimate of drug-likeness (QED) is 0.0507. The van der Waals surface area contributed by atoms with Crippen LogP contribution in [0.2, 0.25) is 0 Å². The van der Waals surface area contributed by atoms with Crippen molar-refractivity contribution in [2.75, 3.05) is 0 Å². The molecule has 0 aliphatic rings. The molecule has 0 amide bonds. The Morgan fingerprint density at radius 3 is 1.79 bits per heavy atom. The monoisotopic (exact) mass is 864 g/mol. The summed E-state index contributed by atoms with van der Waals surface area (Å²) in [4.78, 5) is 3.92. The molecule has 6 N–H and O–H groups in total. The zero-order chi connectivity index (χ0) is 46.1. The van der Waals surface area contributed by atoms with E-state index in [1.807, 2.05) is 42.5 Å². The van der Waals surface area contributed by atoms with Crippen molar-refractivity contribution in [2.45, 2.75) is 6.92 Å². The SMILES string of the molecule is Cc1cccc2c1oc1c(-c3cc4c5ccccc5c5cccc6c5c4c(c3)n6-c3ccccc3)cccc12.[B]c1c(O)c([B])c(O)c(C(N)=NC(=N)c2ccc(-c3ccccc3)cc2)c1O. The van der Waals surface area contributed by atoms with E-state index in [1.54, 1.807) is 12.1 Å². The van der Waals surface area contributed by atoms with Gasteiger partial charge >= 0.3 is 0 Å². The topological polar surface area (TPSA) is 141 Å². The lowest BCUT2D eigenvalue weighted by atomic mass is 9.81. The van der Waals surface area contributed by atoms with E-state index >= 15 is 0 Å². The number of benzene rings is 10. The summed E-state index contributed by atoms with van der Waals surface area (Å²) < 4.78 is 9.03. The molecule has 0 spiro atoms. The molecular weight excluding hydrogens is 826 g/mol. The van der Waals surface area contributed by atoms with Crippen LogP contribution in [0.15, 0.2) is 185 Å². The molecule has 10 heteroatoms. The average Bonchev–Trinajstić information content (AvgIpc) is 3.93. The van der Waals surface area contributed by atoms with E-state index in [9.17, 15) is 15.3 Å². The summed E-state index contributed by atoms with van der Waals surface area (Å²) in [5.74, 6) is -2.56. The summed E-state index contributed by atoms with van der Waals surface area (Å²) in [6.45, 7) is 2.12. The van der Waals surface area contributed by atoms with Crippen LogP contribution in [0, 0.1) is 12.3 Å². The second kappa shape index (κ2) is 16.0. The Morgan fingerprint density at radius 1 is 0.537 bits per heavy atom. The van der Waals surface area contributed by atoms with Gasteiger partial charge in [-0.15, -0.1) is 0 Å². The zero-order valence-corrected chi connectivity index (χ0v) is 36.1.